The molecule has 4 rings (SSSR count). The predicted molar refractivity (Wildman–Crippen MR) is 124 cm³/mol. The zero-order chi connectivity index (χ0) is 21.1. The first-order valence-corrected chi connectivity index (χ1v) is 11.1. The van der Waals surface area contributed by atoms with Gasteiger partial charge in [0.2, 0.25) is 5.91 Å². The summed E-state index contributed by atoms with van der Waals surface area (Å²) in [4.78, 5) is 16.7. The van der Waals surface area contributed by atoms with Crippen molar-refractivity contribution in [1.82, 2.24) is 15.1 Å². The highest BCUT2D eigenvalue weighted by molar-refractivity contribution is 9.10. The van der Waals surface area contributed by atoms with Crippen molar-refractivity contribution in [3.8, 4) is 11.3 Å². The number of halogens is 3. The van der Waals surface area contributed by atoms with E-state index in [2.05, 4.69) is 31.0 Å². The molecule has 0 aliphatic carbocycles. The van der Waals surface area contributed by atoms with Crippen molar-refractivity contribution < 1.29 is 4.79 Å². The minimum Gasteiger partial charge on any atom is -0.352 e. The molecule has 1 fully saturated rings. The Morgan fingerprint density at radius 1 is 0.933 bits per heavy atom. The van der Waals surface area contributed by atoms with Crippen LogP contribution in [0.25, 0.3) is 11.3 Å². The summed E-state index contributed by atoms with van der Waals surface area (Å²) < 4.78 is 1.01. The van der Waals surface area contributed by atoms with Crippen LogP contribution in [-0.2, 0) is 11.2 Å². The van der Waals surface area contributed by atoms with Crippen LogP contribution in [0, 0.1) is 0 Å². The summed E-state index contributed by atoms with van der Waals surface area (Å²) in [6.07, 6.45) is 0.420. The van der Waals surface area contributed by atoms with Crippen molar-refractivity contribution >= 4 is 50.9 Å². The molecule has 1 aromatic heterocycles. The second-order valence-electron chi connectivity index (χ2n) is 7.07. The molecule has 2 aromatic carbocycles. The SMILES string of the molecule is O=C(Cc1ccc(Br)cc1)N1CCN(c2ccc(-c3ccc(Cl)cc3Cl)nn2)CC1. The minimum atomic E-state index is 0.149. The van der Waals surface area contributed by atoms with Gasteiger partial charge in [-0.15, -0.1) is 10.2 Å². The molecule has 3 aromatic rings. The molecule has 1 saturated heterocycles. The number of hydrogen-bond acceptors (Lipinski definition) is 4. The molecule has 2 heterocycles. The van der Waals surface area contributed by atoms with Gasteiger partial charge in [0.15, 0.2) is 5.82 Å². The van der Waals surface area contributed by atoms with Crippen molar-refractivity contribution in [2.24, 2.45) is 0 Å². The van der Waals surface area contributed by atoms with Crippen molar-refractivity contribution in [3.63, 3.8) is 0 Å². The van der Waals surface area contributed by atoms with Crippen LogP contribution in [-0.4, -0.2) is 47.2 Å². The normalized spacial score (nSPS) is 14.1. The Kier molecular flexibility index (Phi) is 6.56. The Balaban J connectivity index is 1.35. The Morgan fingerprint density at radius 3 is 2.30 bits per heavy atom. The summed E-state index contributed by atoms with van der Waals surface area (Å²) in [5.74, 6) is 0.944. The van der Waals surface area contributed by atoms with Gasteiger partial charge in [-0.3, -0.25) is 4.79 Å². The van der Waals surface area contributed by atoms with Crippen molar-refractivity contribution in [3.05, 3.63) is 74.7 Å². The highest BCUT2D eigenvalue weighted by atomic mass is 79.9. The van der Waals surface area contributed by atoms with E-state index in [1.807, 2.05) is 47.4 Å². The molecular formula is C22H19BrCl2N4O. The average Bonchev–Trinajstić information content (AvgIpc) is 2.76. The van der Waals surface area contributed by atoms with Crippen LogP contribution in [0.3, 0.4) is 0 Å². The number of rotatable bonds is 4. The number of carbonyl (C=O) groups excluding carboxylic acids is 1. The maximum absolute atomic E-state index is 12.6. The van der Waals surface area contributed by atoms with Crippen LogP contribution in [0.4, 0.5) is 5.82 Å². The average molecular weight is 506 g/mol. The lowest BCUT2D eigenvalue weighted by Crippen LogP contribution is -2.49. The van der Waals surface area contributed by atoms with Gasteiger partial charge in [0, 0.05) is 41.2 Å². The lowest BCUT2D eigenvalue weighted by Gasteiger charge is -2.35. The van der Waals surface area contributed by atoms with E-state index in [0.717, 1.165) is 34.5 Å². The maximum Gasteiger partial charge on any atom is 0.227 e. The number of carbonyl (C=O) groups is 1. The molecule has 154 valence electrons. The van der Waals surface area contributed by atoms with E-state index in [0.29, 0.717) is 35.2 Å². The quantitative estimate of drug-likeness (QED) is 0.494. The molecule has 1 amide bonds. The predicted octanol–water partition coefficient (Wildman–Crippen LogP) is 5.10. The third-order valence-electron chi connectivity index (χ3n) is 5.08. The van der Waals surface area contributed by atoms with Crippen molar-refractivity contribution in [2.45, 2.75) is 6.42 Å². The summed E-state index contributed by atoms with van der Waals surface area (Å²) in [5, 5.41) is 9.82. The number of hydrogen-bond donors (Lipinski definition) is 0. The highest BCUT2D eigenvalue weighted by Crippen LogP contribution is 2.29. The first-order valence-electron chi connectivity index (χ1n) is 9.56. The van der Waals surface area contributed by atoms with E-state index in [9.17, 15) is 4.79 Å². The zero-order valence-electron chi connectivity index (χ0n) is 16.1. The van der Waals surface area contributed by atoms with Gasteiger partial charge >= 0.3 is 0 Å². The molecule has 0 spiro atoms. The molecule has 1 aliphatic heterocycles. The number of aromatic nitrogens is 2. The first-order chi connectivity index (χ1) is 14.5. The summed E-state index contributed by atoms with van der Waals surface area (Å²) >= 11 is 15.6. The lowest BCUT2D eigenvalue weighted by atomic mass is 10.1. The Bertz CT molecular complexity index is 1040. The van der Waals surface area contributed by atoms with Gasteiger partial charge in [0.25, 0.3) is 0 Å². The highest BCUT2D eigenvalue weighted by Gasteiger charge is 2.22. The second kappa shape index (κ2) is 9.33. The van der Waals surface area contributed by atoms with Crippen LogP contribution in [0.15, 0.2) is 59.1 Å². The van der Waals surface area contributed by atoms with Gasteiger partial charge in [0.05, 0.1) is 17.1 Å². The zero-order valence-corrected chi connectivity index (χ0v) is 19.2. The number of nitrogens with zero attached hydrogens (tertiary/aromatic N) is 4. The molecule has 0 atom stereocenters. The molecule has 5 nitrogen and oxygen atoms in total. The standard InChI is InChI=1S/C22H19BrCl2N4O/c23-16-3-1-15(2-4-16)13-22(30)29-11-9-28(10-12-29)21-8-7-20(26-27-21)18-6-5-17(24)14-19(18)25/h1-8,14H,9-13H2. The van der Waals surface area contributed by atoms with E-state index in [-0.39, 0.29) is 5.91 Å². The Morgan fingerprint density at radius 2 is 1.67 bits per heavy atom. The molecule has 1 aliphatic rings. The number of amides is 1. The monoisotopic (exact) mass is 504 g/mol. The fraction of sp³-hybridized carbons (Fsp3) is 0.227. The van der Waals surface area contributed by atoms with E-state index in [1.165, 1.54) is 0 Å². The summed E-state index contributed by atoms with van der Waals surface area (Å²) in [7, 11) is 0. The molecule has 0 N–H and O–H groups in total. The largest absolute Gasteiger partial charge is 0.352 e. The van der Waals surface area contributed by atoms with Gasteiger partial charge < -0.3 is 9.80 Å². The maximum atomic E-state index is 12.6. The van der Waals surface area contributed by atoms with Crippen molar-refractivity contribution in [1.29, 1.82) is 0 Å². The third-order valence-corrected chi connectivity index (χ3v) is 6.16. The fourth-order valence-electron chi connectivity index (χ4n) is 3.41. The topological polar surface area (TPSA) is 49.3 Å². The lowest BCUT2D eigenvalue weighted by molar-refractivity contribution is -0.130. The third kappa shape index (κ3) is 4.94. The number of piperazine rings is 1. The van der Waals surface area contributed by atoms with E-state index in [1.54, 1.807) is 12.1 Å². The van der Waals surface area contributed by atoms with Gasteiger partial charge in [-0.2, -0.15) is 0 Å². The van der Waals surface area contributed by atoms with Crippen LogP contribution >= 0.6 is 39.1 Å². The smallest absolute Gasteiger partial charge is 0.227 e. The van der Waals surface area contributed by atoms with E-state index in [4.69, 9.17) is 23.2 Å². The van der Waals surface area contributed by atoms with Crippen LogP contribution in [0.1, 0.15) is 5.56 Å². The summed E-state index contributed by atoms with van der Waals surface area (Å²) in [6.45, 7) is 2.78. The molecule has 0 radical (unpaired) electrons. The Hall–Kier alpha value is -2.15. The van der Waals surface area contributed by atoms with Crippen LogP contribution in [0.2, 0.25) is 10.0 Å². The molecule has 0 bridgehead atoms. The van der Waals surface area contributed by atoms with Crippen LogP contribution < -0.4 is 4.90 Å². The van der Waals surface area contributed by atoms with E-state index < -0.39 is 0 Å². The summed E-state index contributed by atoms with van der Waals surface area (Å²) in [6, 6.07) is 17.0. The van der Waals surface area contributed by atoms with Crippen LogP contribution in [0.5, 0.6) is 0 Å². The molecule has 0 unspecified atom stereocenters. The minimum absolute atomic E-state index is 0.149. The number of anilines is 1. The molecule has 8 heteroatoms. The Labute approximate surface area is 193 Å². The van der Waals surface area contributed by atoms with Crippen molar-refractivity contribution in [2.75, 3.05) is 31.1 Å². The second-order valence-corrected chi connectivity index (χ2v) is 8.83. The molecule has 0 saturated carbocycles. The molecule has 30 heavy (non-hydrogen) atoms. The summed E-state index contributed by atoms with van der Waals surface area (Å²) in [5.41, 5.74) is 2.51. The van der Waals surface area contributed by atoms with Gasteiger partial charge in [-0.05, 0) is 48.0 Å². The molecular weight excluding hydrogens is 487 g/mol. The number of benzene rings is 2. The van der Waals surface area contributed by atoms with Gasteiger partial charge in [-0.25, -0.2) is 0 Å². The van der Waals surface area contributed by atoms with E-state index >= 15 is 0 Å². The van der Waals surface area contributed by atoms with Gasteiger partial charge in [0.1, 0.15) is 0 Å². The fourth-order valence-corrected chi connectivity index (χ4v) is 4.18. The first kappa shape index (κ1) is 21.1. The van der Waals surface area contributed by atoms with Gasteiger partial charge in [-0.1, -0.05) is 51.3 Å².